The van der Waals surface area contributed by atoms with Crippen LogP contribution < -0.4 is 88.7 Å². The first kappa shape index (κ1) is 37.6. The summed E-state index contributed by atoms with van der Waals surface area (Å²) in [6.07, 6.45) is 0. The van der Waals surface area contributed by atoms with Gasteiger partial charge in [-0.15, -0.1) is 16.4 Å². The second-order valence-electron chi connectivity index (χ2n) is 1.51. The second kappa shape index (κ2) is 15.3. The molecule has 0 aromatic carbocycles. The minimum atomic E-state index is -5.13. The molecule has 18 heavy (non-hydrogen) atoms. The fourth-order valence-electron chi connectivity index (χ4n) is 0.123. The van der Waals surface area contributed by atoms with Crippen molar-refractivity contribution in [3.05, 3.63) is 0 Å². The van der Waals surface area contributed by atoms with Gasteiger partial charge in [-0.05, 0) is 0 Å². The van der Waals surface area contributed by atoms with Crippen LogP contribution >= 0.6 is 28.1 Å². The van der Waals surface area contributed by atoms with Gasteiger partial charge in [-0.2, -0.15) is 8.42 Å². The number of phosphoric acid groups is 2. The molecule has 0 aromatic rings. The van der Waals surface area contributed by atoms with E-state index in [-0.39, 0.29) is 107 Å². The minimum absolute atomic E-state index is 0. The molecule has 0 aliphatic rings. The van der Waals surface area contributed by atoms with Gasteiger partial charge >= 0.3 is 116 Å². The van der Waals surface area contributed by atoms with Gasteiger partial charge in [0.25, 0.3) is 0 Å². The molecule has 11 nitrogen and oxygen atoms in total. The van der Waals surface area contributed by atoms with Gasteiger partial charge in [-0.3, -0.25) is 4.55 Å². The monoisotopic (exact) mass is 385 g/mol. The Labute approximate surface area is 181 Å². The molecule has 0 unspecified atom stereocenters. The van der Waals surface area contributed by atoms with Crippen LogP contribution in [0.25, 0.3) is 0 Å². The van der Waals surface area contributed by atoms with Crippen LogP contribution in [-0.4, -0.2) is 37.4 Å². The number of hydrogen-bond acceptors (Lipinski definition) is 5. The van der Waals surface area contributed by atoms with E-state index < -0.39 is 26.0 Å². The molecule has 0 atom stereocenters. The Kier molecular flexibility index (Phi) is 32.0. The van der Waals surface area contributed by atoms with E-state index in [9.17, 15) is 13.0 Å². The van der Waals surface area contributed by atoms with Crippen LogP contribution in [0.15, 0.2) is 0 Å². The standard InChI is InChI=1S/ClH.3Na.H3O7PS.H3O4P.3H/c;;;;1-8(2,3)7-9(4,5)6;1-5(2,3)4;;;/h1H;;;;(H2,1,2,3)(H,4,5,6);(H3,1,2,3,4);;;/q;3*+1;;;3*-1/p+1. The van der Waals surface area contributed by atoms with Crippen LogP contribution in [0.5, 0.6) is 0 Å². The third-order valence-corrected chi connectivity index (χ3v) is 1.72. The van der Waals surface area contributed by atoms with Crippen molar-refractivity contribution in [3.63, 3.8) is 0 Å². The summed E-state index contributed by atoms with van der Waals surface area (Å²) < 4.78 is 47.9. The summed E-state index contributed by atoms with van der Waals surface area (Å²) in [4.78, 5) is 37.0. The van der Waals surface area contributed by atoms with E-state index in [2.05, 4.69) is 3.97 Å². The van der Waals surface area contributed by atoms with Gasteiger partial charge in [0.1, 0.15) is 0 Å². The summed E-state index contributed by atoms with van der Waals surface area (Å²) in [5.74, 6) is 0. The predicted octanol–water partition coefficient (Wildman–Crippen LogP) is -10.1. The van der Waals surface area contributed by atoms with Gasteiger partial charge in [-0.25, -0.2) is 9.13 Å². The van der Waals surface area contributed by atoms with Crippen molar-refractivity contribution >= 4 is 38.5 Å². The van der Waals surface area contributed by atoms with Crippen LogP contribution in [0.4, 0.5) is 0 Å². The Morgan fingerprint density at radius 1 is 0.944 bits per heavy atom. The number of hydrogen-bond donors (Lipinski definition) is 6. The third-order valence-electron chi connectivity index (χ3n) is 0.191. The molecule has 0 aliphatic heterocycles. The molecule has 0 spiro atoms. The van der Waals surface area contributed by atoms with Crippen LogP contribution in [0.3, 0.4) is 0 Å². The van der Waals surface area contributed by atoms with E-state index in [0.29, 0.717) is 0 Å². The second-order valence-corrected chi connectivity index (χ2v) is 4.97. The first-order valence-electron chi connectivity index (χ1n) is 2.23. The van der Waals surface area contributed by atoms with Crippen molar-refractivity contribution in [2.45, 2.75) is 0 Å². The normalized spacial score (nSPS) is 10.1. The Morgan fingerprint density at radius 3 is 1.11 bits per heavy atom. The zero-order chi connectivity index (χ0) is 12.2. The molecule has 0 rings (SSSR count). The molecule has 6 N–H and O–H groups in total. The molecular formula is H11ClNa3O11P2S+. The molecule has 0 fully saturated rings. The van der Waals surface area contributed by atoms with E-state index in [1.54, 1.807) is 0 Å². The molecular weight excluding hydrogens is 374 g/mol. The molecule has 102 valence electrons. The van der Waals surface area contributed by atoms with Gasteiger partial charge in [0.2, 0.25) is 0 Å². The van der Waals surface area contributed by atoms with Crippen molar-refractivity contribution in [2.24, 2.45) is 0 Å². The fourth-order valence-corrected chi connectivity index (χ4v) is 1.10. The van der Waals surface area contributed by atoms with Gasteiger partial charge < -0.3 is 28.7 Å². The van der Waals surface area contributed by atoms with Crippen molar-refractivity contribution in [3.8, 4) is 0 Å². The first-order chi connectivity index (χ1) is 5.71. The van der Waals surface area contributed by atoms with Gasteiger partial charge in [-0.1, -0.05) is 0 Å². The van der Waals surface area contributed by atoms with E-state index in [4.69, 9.17) is 33.6 Å². The molecule has 0 aromatic heterocycles. The largest absolute Gasteiger partial charge is 1.00 e. The molecule has 0 aliphatic carbocycles. The molecule has 18 heteroatoms. The smallest absolute Gasteiger partial charge is 1.00 e. The van der Waals surface area contributed by atoms with E-state index in [0.717, 1.165) is 0 Å². The quantitative estimate of drug-likeness (QED) is 0.150. The summed E-state index contributed by atoms with van der Waals surface area (Å²) in [5.41, 5.74) is 0. The summed E-state index contributed by atoms with van der Waals surface area (Å²) in [7, 11) is -14.8. The van der Waals surface area contributed by atoms with Crippen LogP contribution in [-0.2, 0) is 23.5 Å². The summed E-state index contributed by atoms with van der Waals surface area (Å²) in [6.45, 7) is 0. The zero-order valence-electron chi connectivity index (χ0n) is 13.4. The zero-order valence-corrected chi connectivity index (χ0v) is 18.9. The van der Waals surface area contributed by atoms with Crippen LogP contribution in [0.1, 0.15) is 5.71 Å². The van der Waals surface area contributed by atoms with Gasteiger partial charge in [0.15, 0.2) is 0 Å². The summed E-state index contributed by atoms with van der Waals surface area (Å²) in [6, 6.07) is 0. The summed E-state index contributed by atoms with van der Waals surface area (Å²) in [5, 5.41) is 0. The number of rotatable bonds is 2. The topological polar surface area (TPSA) is 199 Å². The summed E-state index contributed by atoms with van der Waals surface area (Å²) >= 11 is 0. The molecule has 0 bridgehead atoms. The Balaban J connectivity index is -0.0000000128. The Bertz CT molecular complexity index is 359. The maximum atomic E-state index is 9.58. The van der Waals surface area contributed by atoms with Crippen molar-refractivity contribution in [1.82, 2.24) is 0 Å². The molecule has 0 saturated carbocycles. The van der Waals surface area contributed by atoms with E-state index in [1.165, 1.54) is 0 Å². The van der Waals surface area contributed by atoms with Crippen molar-refractivity contribution in [1.29, 1.82) is 0 Å². The number of halogens is 1. The van der Waals surface area contributed by atoms with Gasteiger partial charge in [0, 0.05) is 0 Å². The van der Waals surface area contributed by atoms with Crippen molar-refractivity contribution < 1.29 is 145 Å². The Hall–Kier alpha value is 3.42. The van der Waals surface area contributed by atoms with Gasteiger partial charge in [0.05, 0.1) is 0 Å². The van der Waals surface area contributed by atoms with Crippen LogP contribution in [0, 0.1) is 0 Å². The maximum absolute atomic E-state index is 9.58. The average Bonchev–Trinajstić information content (AvgIpc) is 1.42. The SMILES string of the molecule is Cl.O=P(O)(O)O.O=P(O)(O)OS(=O)(=O)O.[H+].[H-].[H-].[H-].[Na+].[Na+].[Na+]. The maximum Gasteiger partial charge on any atom is 1.00 e. The minimum Gasteiger partial charge on any atom is -1.00 e. The molecule has 0 radical (unpaired) electrons. The van der Waals surface area contributed by atoms with E-state index >= 15 is 0 Å². The Morgan fingerprint density at radius 2 is 1.11 bits per heavy atom. The van der Waals surface area contributed by atoms with Crippen molar-refractivity contribution in [2.75, 3.05) is 0 Å². The third kappa shape index (κ3) is 74.3. The van der Waals surface area contributed by atoms with E-state index in [1.807, 2.05) is 0 Å². The molecule has 0 saturated heterocycles. The van der Waals surface area contributed by atoms with Crippen LogP contribution in [0.2, 0.25) is 0 Å². The fraction of sp³-hybridized carbons (Fsp3) is 0. The molecule has 0 heterocycles. The average molecular weight is 386 g/mol. The predicted molar refractivity (Wildman–Crippen MR) is 50.6 cm³/mol. The molecule has 0 amide bonds. The first-order valence-corrected chi connectivity index (χ1v) is 6.69.